The van der Waals surface area contributed by atoms with Crippen molar-refractivity contribution in [1.29, 1.82) is 0 Å². The number of esters is 1. The topological polar surface area (TPSA) is 53.9 Å². The van der Waals surface area contributed by atoms with E-state index >= 15 is 0 Å². The fourth-order valence-corrected chi connectivity index (χ4v) is 2.83. The highest BCUT2D eigenvalue weighted by Crippen LogP contribution is 2.27. The average molecular weight is 344 g/mol. The Kier molecular flexibility index (Phi) is 5.01. The average Bonchev–Trinajstić information content (AvgIpc) is 2.63. The van der Waals surface area contributed by atoms with E-state index in [2.05, 4.69) is 16.6 Å². The van der Waals surface area contributed by atoms with Gasteiger partial charge in [0.1, 0.15) is 0 Å². The van der Waals surface area contributed by atoms with E-state index in [9.17, 15) is 4.79 Å². The third-order valence-electron chi connectivity index (χ3n) is 3.87. The van der Waals surface area contributed by atoms with E-state index in [-0.39, 0.29) is 5.84 Å². The number of nitrogens with one attached hydrogen (secondary N) is 1. The first kappa shape index (κ1) is 16.3. The summed E-state index contributed by atoms with van der Waals surface area (Å²) in [6, 6.07) is 15.1. The SMILES string of the molecule is COC(=O)/C(=N/Nc1ccc(Cl)cc1)N1CCCc2ccccc21. The van der Waals surface area contributed by atoms with Gasteiger partial charge in [0, 0.05) is 17.3 Å². The molecule has 1 heterocycles. The normalized spacial score (nSPS) is 14.1. The largest absolute Gasteiger partial charge is 0.463 e. The van der Waals surface area contributed by atoms with E-state index in [1.54, 1.807) is 24.3 Å². The van der Waals surface area contributed by atoms with Crippen LogP contribution in [0.15, 0.2) is 53.6 Å². The van der Waals surface area contributed by atoms with E-state index in [1.165, 1.54) is 12.7 Å². The third-order valence-corrected chi connectivity index (χ3v) is 4.12. The van der Waals surface area contributed by atoms with E-state index in [0.717, 1.165) is 24.2 Å². The number of amidine groups is 1. The number of hydrogen-bond acceptors (Lipinski definition) is 4. The van der Waals surface area contributed by atoms with Crippen molar-refractivity contribution in [1.82, 2.24) is 0 Å². The van der Waals surface area contributed by atoms with Gasteiger partial charge in [-0.05, 0) is 48.7 Å². The maximum Gasteiger partial charge on any atom is 0.376 e. The number of ether oxygens (including phenoxy) is 1. The molecule has 0 aromatic heterocycles. The fourth-order valence-electron chi connectivity index (χ4n) is 2.70. The van der Waals surface area contributed by atoms with Crippen LogP contribution in [0.2, 0.25) is 5.02 Å². The van der Waals surface area contributed by atoms with Crippen LogP contribution >= 0.6 is 11.6 Å². The van der Waals surface area contributed by atoms with E-state index in [0.29, 0.717) is 11.6 Å². The molecule has 1 aliphatic heterocycles. The Balaban J connectivity index is 1.91. The Hall–Kier alpha value is -2.53. The number of fused-ring (bicyclic) bond motifs is 1. The lowest BCUT2D eigenvalue weighted by Gasteiger charge is -2.30. The van der Waals surface area contributed by atoms with Gasteiger partial charge in [-0.2, -0.15) is 0 Å². The molecule has 24 heavy (non-hydrogen) atoms. The molecule has 0 saturated heterocycles. The predicted molar refractivity (Wildman–Crippen MR) is 96.6 cm³/mol. The van der Waals surface area contributed by atoms with Crippen molar-refractivity contribution in [2.24, 2.45) is 5.10 Å². The van der Waals surface area contributed by atoms with Gasteiger partial charge in [0.2, 0.25) is 5.84 Å². The number of hydrazone groups is 1. The molecular formula is C18H18ClN3O2. The highest BCUT2D eigenvalue weighted by Gasteiger charge is 2.26. The molecule has 0 aliphatic carbocycles. The van der Waals surface area contributed by atoms with E-state index < -0.39 is 5.97 Å². The smallest absolute Gasteiger partial charge is 0.376 e. The molecule has 0 radical (unpaired) electrons. The van der Waals surface area contributed by atoms with Crippen LogP contribution in [0.4, 0.5) is 11.4 Å². The number of methoxy groups -OCH3 is 1. The van der Waals surface area contributed by atoms with Crippen molar-refractivity contribution in [3.05, 3.63) is 59.1 Å². The van der Waals surface area contributed by atoms with Gasteiger partial charge in [0.15, 0.2) is 0 Å². The maximum atomic E-state index is 12.2. The third kappa shape index (κ3) is 3.51. The second-order valence-electron chi connectivity index (χ2n) is 5.43. The van der Waals surface area contributed by atoms with Gasteiger partial charge >= 0.3 is 5.97 Å². The zero-order valence-corrected chi connectivity index (χ0v) is 14.1. The summed E-state index contributed by atoms with van der Waals surface area (Å²) in [6.45, 7) is 0.716. The summed E-state index contributed by atoms with van der Waals surface area (Å²) in [7, 11) is 1.36. The minimum Gasteiger partial charge on any atom is -0.463 e. The summed E-state index contributed by atoms with van der Waals surface area (Å²) in [5, 5.41) is 4.93. The molecule has 1 aliphatic rings. The number of aryl methyl sites for hydroxylation is 1. The molecule has 0 fully saturated rings. The minimum absolute atomic E-state index is 0.236. The van der Waals surface area contributed by atoms with Crippen LogP contribution < -0.4 is 10.3 Å². The molecule has 2 aromatic rings. The van der Waals surface area contributed by atoms with Gasteiger partial charge in [-0.25, -0.2) is 4.79 Å². The quantitative estimate of drug-likeness (QED) is 0.391. The number of anilines is 2. The van der Waals surface area contributed by atoms with Crippen molar-refractivity contribution in [3.8, 4) is 0 Å². The number of para-hydroxylation sites is 1. The van der Waals surface area contributed by atoms with Crippen LogP contribution in [0.3, 0.4) is 0 Å². The van der Waals surface area contributed by atoms with Gasteiger partial charge in [-0.1, -0.05) is 29.8 Å². The van der Waals surface area contributed by atoms with Gasteiger partial charge in [-0.15, -0.1) is 5.10 Å². The van der Waals surface area contributed by atoms with E-state index in [4.69, 9.17) is 16.3 Å². The fraction of sp³-hybridized carbons (Fsp3) is 0.222. The van der Waals surface area contributed by atoms with Crippen LogP contribution in [0.25, 0.3) is 0 Å². The first-order valence-electron chi connectivity index (χ1n) is 7.72. The van der Waals surface area contributed by atoms with Crippen molar-refractivity contribution < 1.29 is 9.53 Å². The summed E-state index contributed by atoms with van der Waals surface area (Å²) in [5.41, 5.74) is 5.84. The lowest BCUT2D eigenvalue weighted by atomic mass is 10.0. The van der Waals surface area contributed by atoms with Crippen LogP contribution in [-0.2, 0) is 16.0 Å². The molecule has 0 saturated carbocycles. The first-order valence-corrected chi connectivity index (χ1v) is 8.10. The molecule has 0 spiro atoms. The number of carbonyl (C=O) groups is 1. The molecule has 1 N–H and O–H groups in total. The maximum absolute atomic E-state index is 12.2. The molecule has 5 nitrogen and oxygen atoms in total. The van der Waals surface area contributed by atoms with Crippen molar-refractivity contribution in [2.75, 3.05) is 24.0 Å². The standard InChI is InChI=1S/C18H18ClN3O2/c1-24-18(23)17(21-20-15-10-8-14(19)9-11-15)22-12-4-6-13-5-2-3-7-16(13)22/h2-3,5,7-11,20H,4,6,12H2,1H3/b21-17-. The highest BCUT2D eigenvalue weighted by molar-refractivity contribution is 6.41. The number of benzene rings is 2. The second kappa shape index (κ2) is 7.36. The summed E-state index contributed by atoms with van der Waals surface area (Å²) >= 11 is 5.88. The summed E-state index contributed by atoms with van der Waals surface area (Å²) < 4.78 is 4.92. The summed E-state index contributed by atoms with van der Waals surface area (Å²) in [4.78, 5) is 14.1. The number of hydrogen-bond donors (Lipinski definition) is 1. The molecule has 0 atom stereocenters. The van der Waals surface area contributed by atoms with Crippen molar-refractivity contribution in [3.63, 3.8) is 0 Å². The lowest BCUT2D eigenvalue weighted by molar-refractivity contribution is -0.132. The molecule has 0 bridgehead atoms. The Labute approximate surface area is 145 Å². The minimum atomic E-state index is -0.479. The number of nitrogens with zero attached hydrogens (tertiary/aromatic N) is 2. The monoisotopic (exact) mass is 343 g/mol. The van der Waals surface area contributed by atoms with Gasteiger partial charge in [0.05, 0.1) is 12.8 Å². The van der Waals surface area contributed by atoms with Crippen molar-refractivity contribution in [2.45, 2.75) is 12.8 Å². The van der Waals surface area contributed by atoms with Gasteiger partial charge in [-0.3, -0.25) is 5.43 Å². The van der Waals surface area contributed by atoms with Crippen LogP contribution in [-0.4, -0.2) is 25.5 Å². The number of halogens is 1. The van der Waals surface area contributed by atoms with Crippen LogP contribution in [0.1, 0.15) is 12.0 Å². The lowest BCUT2D eigenvalue weighted by Crippen LogP contribution is -2.41. The van der Waals surface area contributed by atoms with Crippen molar-refractivity contribution >= 4 is 34.8 Å². The van der Waals surface area contributed by atoms with Gasteiger partial charge < -0.3 is 9.64 Å². The molecule has 0 amide bonds. The summed E-state index contributed by atoms with van der Waals surface area (Å²) in [6.07, 6.45) is 1.94. The molecular weight excluding hydrogens is 326 g/mol. The molecule has 124 valence electrons. The molecule has 2 aromatic carbocycles. The molecule has 0 unspecified atom stereocenters. The van der Waals surface area contributed by atoms with Crippen LogP contribution in [0.5, 0.6) is 0 Å². The molecule has 6 heteroatoms. The predicted octanol–water partition coefficient (Wildman–Crippen LogP) is 3.69. The zero-order valence-electron chi connectivity index (χ0n) is 13.3. The number of carbonyl (C=O) groups excluding carboxylic acids is 1. The summed E-state index contributed by atoms with van der Waals surface area (Å²) in [5.74, 6) is -0.243. The number of rotatable bonds is 2. The first-order chi connectivity index (χ1) is 11.7. The van der Waals surface area contributed by atoms with E-state index in [1.807, 2.05) is 23.1 Å². The highest BCUT2D eigenvalue weighted by atomic mass is 35.5. The Morgan fingerprint density at radius 1 is 1.21 bits per heavy atom. The Bertz CT molecular complexity index is 759. The second-order valence-corrected chi connectivity index (χ2v) is 5.87. The molecule has 3 rings (SSSR count). The zero-order chi connectivity index (χ0) is 16.9. The van der Waals surface area contributed by atoms with Crippen LogP contribution in [0, 0.1) is 0 Å². The Morgan fingerprint density at radius 2 is 1.96 bits per heavy atom. The Morgan fingerprint density at radius 3 is 2.71 bits per heavy atom. The van der Waals surface area contributed by atoms with Gasteiger partial charge in [0.25, 0.3) is 0 Å².